The van der Waals surface area contributed by atoms with Gasteiger partial charge in [-0.2, -0.15) is 4.79 Å². The molecule has 3 saturated heterocycles. The molecule has 0 aromatic heterocycles. The fraction of sp³-hybridized carbons (Fsp3) is 0.889. The van der Waals surface area contributed by atoms with E-state index in [-0.39, 0.29) is 18.9 Å². The summed E-state index contributed by atoms with van der Waals surface area (Å²) in [5.74, 6) is -0.229. The third-order valence-corrected chi connectivity index (χ3v) is 6.44. The van der Waals surface area contributed by atoms with Gasteiger partial charge in [-0.25, -0.2) is 4.48 Å². The summed E-state index contributed by atoms with van der Waals surface area (Å²) in [7, 11) is 2.04. The highest BCUT2D eigenvalue weighted by molar-refractivity contribution is 5.69. The molecular formula is C18H33N4O4+. The van der Waals surface area contributed by atoms with Gasteiger partial charge in [0.1, 0.15) is 12.6 Å². The third-order valence-electron chi connectivity index (χ3n) is 6.44. The van der Waals surface area contributed by atoms with E-state index in [2.05, 4.69) is 17.1 Å². The van der Waals surface area contributed by atoms with Crippen molar-refractivity contribution in [2.45, 2.75) is 38.5 Å². The van der Waals surface area contributed by atoms with Crippen molar-refractivity contribution in [3.05, 3.63) is 0 Å². The molecule has 1 amide bonds. The number of quaternary nitrogens is 1. The number of hydrogen-bond donors (Lipinski definition) is 2. The summed E-state index contributed by atoms with van der Waals surface area (Å²) >= 11 is 0. The average molecular weight is 369 g/mol. The predicted octanol–water partition coefficient (Wildman–Crippen LogP) is 0.390. The zero-order chi connectivity index (χ0) is 18.7. The summed E-state index contributed by atoms with van der Waals surface area (Å²) < 4.78 is 6.19. The smallest absolute Gasteiger partial charge is 0.480 e. The van der Waals surface area contributed by atoms with Crippen molar-refractivity contribution < 1.29 is 23.9 Å². The van der Waals surface area contributed by atoms with Crippen molar-refractivity contribution in [2.24, 2.45) is 5.92 Å². The van der Waals surface area contributed by atoms with E-state index in [9.17, 15) is 9.59 Å². The first-order valence-corrected chi connectivity index (χ1v) is 9.89. The molecule has 0 radical (unpaired) electrons. The first kappa shape index (κ1) is 19.5. The van der Waals surface area contributed by atoms with Crippen LogP contribution < -0.4 is 5.32 Å². The Bertz CT molecular complexity index is 517. The summed E-state index contributed by atoms with van der Waals surface area (Å²) in [5, 5.41) is 12.3. The standard InChI is InChI=1S/C18H32N4O4/c1-3-15(14-4-6-19-7-5-14)22(2)13-16(26-18(22)25)21-10-8-20(9-11-21)12-17(23)24/h14-16,19H,3-13H2,1-2H3/p+1. The highest BCUT2D eigenvalue weighted by atomic mass is 16.6. The van der Waals surface area contributed by atoms with E-state index < -0.39 is 5.97 Å². The van der Waals surface area contributed by atoms with Gasteiger partial charge in [0.2, 0.25) is 6.23 Å². The highest BCUT2D eigenvalue weighted by Crippen LogP contribution is 2.33. The molecule has 3 aliphatic rings. The van der Waals surface area contributed by atoms with E-state index >= 15 is 0 Å². The Hall–Kier alpha value is -1.22. The molecule has 8 nitrogen and oxygen atoms in total. The number of cyclic esters (lactones) is 1. The molecule has 3 heterocycles. The second kappa shape index (κ2) is 8.21. The minimum absolute atomic E-state index is 0.0830. The van der Waals surface area contributed by atoms with Crippen LogP contribution in [0.1, 0.15) is 26.2 Å². The van der Waals surface area contributed by atoms with Gasteiger partial charge in [0, 0.05) is 32.1 Å². The Morgan fingerprint density at radius 1 is 1.31 bits per heavy atom. The first-order chi connectivity index (χ1) is 12.4. The van der Waals surface area contributed by atoms with Crippen molar-refractivity contribution in [3.8, 4) is 0 Å². The number of rotatable bonds is 6. The van der Waals surface area contributed by atoms with Gasteiger partial charge >= 0.3 is 12.1 Å². The van der Waals surface area contributed by atoms with Crippen molar-refractivity contribution in [1.82, 2.24) is 15.1 Å². The number of carbonyl (C=O) groups is 2. The van der Waals surface area contributed by atoms with Gasteiger partial charge in [-0.3, -0.25) is 14.6 Å². The monoisotopic (exact) mass is 369 g/mol. The van der Waals surface area contributed by atoms with Crippen molar-refractivity contribution in [2.75, 3.05) is 59.4 Å². The molecule has 3 aliphatic heterocycles. The lowest BCUT2D eigenvalue weighted by Crippen LogP contribution is -2.59. The maximum atomic E-state index is 12.8. The van der Waals surface area contributed by atoms with E-state index in [0.717, 1.165) is 45.4 Å². The Kier molecular flexibility index (Phi) is 6.17. The number of carboxylic acids is 1. The van der Waals surface area contributed by atoms with Crippen molar-refractivity contribution in [1.29, 1.82) is 0 Å². The summed E-state index contributed by atoms with van der Waals surface area (Å²) in [4.78, 5) is 27.8. The van der Waals surface area contributed by atoms with Gasteiger partial charge in [-0.05, 0) is 32.4 Å². The van der Waals surface area contributed by atoms with E-state index in [0.29, 0.717) is 36.1 Å². The van der Waals surface area contributed by atoms with Crippen LogP contribution in [0.3, 0.4) is 0 Å². The van der Waals surface area contributed by atoms with Crippen LogP contribution in [0, 0.1) is 5.92 Å². The minimum Gasteiger partial charge on any atom is -0.480 e. The zero-order valence-electron chi connectivity index (χ0n) is 16.0. The van der Waals surface area contributed by atoms with E-state index in [4.69, 9.17) is 9.84 Å². The molecule has 3 atom stereocenters. The van der Waals surface area contributed by atoms with Gasteiger partial charge in [0.25, 0.3) is 0 Å². The van der Waals surface area contributed by atoms with E-state index in [1.54, 1.807) is 0 Å². The number of amides is 1. The van der Waals surface area contributed by atoms with E-state index in [1.807, 2.05) is 11.9 Å². The Morgan fingerprint density at radius 3 is 2.54 bits per heavy atom. The number of piperidine rings is 1. The number of piperazine rings is 1. The normalized spacial score (nSPS) is 33.2. The molecule has 148 valence electrons. The van der Waals surface area contributed by atoms with Crippen molar-refractivity contribution >= 4 is 12.1 Å². The molecule has 3 unspecified atom stereocenters. The number of hydrogen-bond acceptors (Lipinski definition) is 6. The van der Waals surface area contributed by atoms with Crippen molar-refractivity contribution in [3.63, 3.8) is 0 Å². The van der Waals surface area contributed by atoms with Gasteiger partial charge in [-0.1, -0.05) is 6.92 Å². The number of aliphatic carboxylic acids is 1. The number of likely N-dealkylation sites (N-methyl/N-ethyl adjacent to an activating group) is 1. The molecule has 0 aromatic carbocycles. The summed E-state index contributed by atoms with van der Waals surface area (Å²) in [6.45, 7) is 7.92. The molecule has 0 aliphatic carbocycles. The predicted molar refractivity (Wildman–Crippen MR) is 96.6 cm³/mol. The van der Waals surface area contributed by atoms with E-state index in [1.165, 1.54) is 0 Å². The molecule has 3 rings (SSSR count). The number of nitrogens with one attached hydrogen (secondary N) is 1. The van der Waals surface area contributed by atoms with Crippen LogP contribution in [0.4, 0.5) is 4.79 Å². The Morgan fingerprint density at radius 2 is 1.96 bits per heavy atom. The fourth-order valence-corrected chi connectivity index (χ4v) is 4.97. The Labute approximate surface area is 155 Å². The second-order valence-corrected chi connectivity index (χ2v) is 8.06. The third kappa shape index (κ3) is 4.03. The summed E-state index contributed by atoms with van der Waals surface area (Å²) in [6, 6.07) is 0.308. The lowest BCUT2D eigenvalue weighted by molar-refractivity contribution is -0.855. The molecule has 26 heavy (non-hydrogen) atoms. The van der Waals surface area contributed by atoms with Gasteiger partial charge < -0.3 is 15.2 Å². The van der Waals surface area contributed by atoms with Gasteiger partial charge in [0.15, 0.2) is 0 Å². The first-order valence-electron chi connectivity index (χ1n) is 9.89. The molecule has 0 saturated carbocycles. The lowest BCUT2D eigenvalue weighted by atomic mass is 9.86. The molecular weight excluding hydrogens is 336 g/mol. The number of carboxylic acid groups (broad SMARTS) is 1. The molecule has 8 heteroatoms. The fourth-order valence-electron chi connectivity index (χ4n) is 4.97. The molecule has 3 fully saturated rings. The summed E-state index contributed by atoms with van der Waals surface area (Å²) in [5.41, 5.74) is 0. The molecule has 0 spiro atoms. The molecule has 0 bridgehead atoms. The maximum Gasteiger partial charge on any atom is 0.517 e. The van der Waals surface area contributed by atoms with Crippen LogP contribution in [0.5, 0.6) is 0 Å². The molecule has 2 N–H and O–H groups in total. The van der Waals surface area contributed by atoms with Gasteiger partial charge in [0.05, 0.1) is 13.6 Å². The van der Waals surface area contributed by atoms with Crippen LogP contribution in [-0.2, 0) is 9.53 Å². The maximum absolute atomic E-state index is 12.8. The zero-order valence-corrected chi connectivity index (χ0v) is 16.0. The minimum atomic E-state index is -0.789. The largest absolute Gasteiger partial charge is 0.517 e. The quantitative estimate of drug-likeness (QED) is 0.656. The highest BCUT2D eigenvalue weighted by Gasteiger charge is 2.54. The number of nitrogens with zero attached hydrogens (tertiary/aromatic N) is 3. The van der Waals surface area contributed by atoms with Crippen LogP contribution in [0.25, 0.3) is 0 Å². The SMILES string of the molecule is CCC(C1CCNCC1)[N+]1(C)CC(N2CCN(CC(=O)O)CC2)OC1=O. The lowest BCUT2D eigenvalue weighted by Gasteiger charge is -2.40. The average Bonchev–Trinajstić information content (AvgIpc) is 2.92. The van der Waals surface area contributed by atoms with Crippen LogP contribution in [0.15, 0.2) is 0 Å². The second-order valence-electron chi connectivity index (χ2n) is 8.06. The van der Waals surface area contributed by atoms with Crippen LogP contribution in [-0.4, -0.2) is 103 Å². The summed E-state index contributed by atoms with van der Waals surface area (Å²) in [6.07, 6.45) is 2.94. The number of carbonyl (C=O) groups excluding carboxylic acids is 1. The molecule has 0 aromatic rings. The van der Waals surface area contributed by atoms with Gasteiger partial charge in [-0.15, -0.1) is 0 Å². The van der Waals surface area contributed by atoms with Crippen LogP contribution >= 0.6 is 0 Å². The number of ether oxygens (including phenoxy) is 1. The Balaban J connectivity index is 1.61. The topological polar surface area (TPSA) is 82.1 Å². The van der Waals surface area contributed by atoms with Crippen LogP contribution in [0.2, 0.25) is 0 Å².